The van der Waals surface area contributed by atoms with Gasteiger partial charge in [-0.1, -0.05) is 54.6 Å². The van der Waals surface area contributed by atoms with Crippen molar-refractivity contribution in [3.8, 4) is 11.1 Å². The number of pyridine rings is 1. The molecule has 0 saturated heterocycles. The van der Waals surface area contributed by atoms with Gasteiger partial charge >= 0.3 is 0 Å². The molecule has 3 aromatic carbocycles. The Morgan fingerprint density at radius 3 is 2.49 bits per heavy atom. The Labute approximate surface area is 258 Å². The van der Waals surface area contributed by atoms with E-state index in [1.807, 2.05) is 35.7 Å². The summed E-state index contributed by atoms with van der Waals surface area (Å²) in [6.45, 7) is 4.29. The highest BCUT2D eigenvalue weighted by molar-refractivity contribution is 7.09. The Hall–Kier alpha value is -4.63. The highest BCUT2D eigenvalue weighted by Gasteiger charge is 2.38. The van der Waals surface area contributed by atoms with E-state index in [1.54, 1.807) is 95.7 Å². The zero-order valence-corrected chi connectivity index (χ0v) is 25.3. The first-order chi connectivity index (χ1) is 20.7. The molecule has 0 spiro atoms. The molecule has 9 heteroatoms. The average Bonchev–Trinajstić information content (AvgIpc) is 3.55. The zero-order chi connectivity index (χ0) is 30.7. The topological polar surface area (TPSA) is 101 Å². The van der Waals surface area contributed by atoms with E-state index >= 15 is 0 Å². The van der Waals surface area contributed by atoms with E-state index in [-0.39, 0.29) is 11.5 Å². The van der Waals surface area contributed by atoms with Gasteiger partial charge in [-0.15, -0.1) is 11.3 Å². The maximum absolute atomic E-state index is 12.9. The Balaban J connectivity index is 1.65. The number of hydrogen-bond acceptors (Lipinski definition) is 6. The lowest BCUT2D eigenvalue weighted by molar-refractivity contribution is 0.0941. The largest absolute Gasteiger partial charge is 0.403 e. The minimum absolute atomic E-state index is 0.174. The van der Waals surface area contributed by atoms with Crippen molar-refractivity contribution >= 4 is 39.7 Å². The molecule has 1 unspecified atom stereocenters. The molecule has 218 valence electrons. The second-order valence-electron chi connectivity index (χ2n) is 10.1. The number of likely N-dealkylation sites (N-methyl/N-ethyl adjacent to an activating group) is 1. The lowest BCUT2D eigenvalue weighted by Gasteiger charge is -2.36. The molecule has 43 heavy (non-hydrogen) atoms. The number of carbonyl (C=O) groups is 1. The van der Waals surface area contributed by atoms with Crippen LogP contribution in [0, 0.1) is 0 Å². The lowest BCUT2D eigenvalue weighted by atomic mass is 9.81. The summed E-state index contributed by atoms with van der Waals surface area (Å²) in [7, 11) is 3.45. The molecule has 0 aliphatic heterocycles. The summed E-state index contributed by atoms with van der Waals surface area (Å²) in [5.41, 5.74) is 8.13. The van der Waals surface area contributed by atoms with Crippen LogP contribution < -0.4 is 16.6 Å². The van der Waals surface area contributed by atoms with Crippen molar-refractivity contribution < 1.29 is 9.90 Å². The number of aromatic nitrogens is 1. The van der Waals surface area contributed by atoms with Crippen LogP contribution in [-0.4, -0.2) is 27.5 Å². The minimum Gasteiger partial charge on any atom is -0.403 e. The third-order valence-electron chi connectivity index (χ3n) is 7.55. The van der Waals surface area contributed by atoms with E-state index in [0.29, 0.717) is 45.0 Å². The van der Waals surface area contributed by atoms with Crippen molar-refractivity contribution in [3.63, 3.8) is 0 Å². The second-order valence-corrected chi connectivity index (χ2v) is 11.6. The van der Waals surface area contributed by atoms with Crippen molar-refractivity contribution in [1.29, 1.82) is 0 Å². The molecule has 2 aromatic heterocycles. The normalized spacial score (nSPS) is 13.0. The van der Waals surface area contributed by atoms with Crippen LogP contribution in [-0.2, 0) is 19.2 Å². The standard InChI is InChI=1S/C34H31ClN4O3S/c1-4-38(2)31(20-36)34(42,24-12-10-22(11-13-24)33(41)37-21-27-9-6-16-43-27)25-14-15-30-29(18-25)28(19-32(40)39(30)3)23-7-5-8-26(35)17-23/h4-20,42H,1,21,36H2,2-3H3,(H,37,41)/b31-20-. The fourth-order valence-corrected chi connectivity index (χ4v) is 6.02. The van der Waals surface area contributed by atoms with Crippen molar-refractivity contribution in [1.82, 2.24) is 14.8 Å². The molecule has 7 nitrogen and oxygen atoms in total. The number of aliphatic hydroxyl groups is 1. The van der Waals surface area contributed by atoms with Crippen LogP contribution in [0.3, 0.4) is 0 Å². The number of nitrogens with one attached hydrogen (secondary N) is 1. The summed E-state index contributed by atoms with van der Waals surface area (Å²) < 4.78 is 1.56. The molecular formula is C34H31ClN4O3S. The molecule has 0 radical (unpaired) electrons. The Morgan fingerprint density at radius 2 is 1.84 bits per heavy atom. The van der Waals surface area contributed by atoms with Crippen LogP contribution in [0.2, 0.25) is 5.02 Å². The van der Waals surface area contributed by atoms with Crippen molar-refractivity contribution in [3.05, 3.63) is 152 Å². The fourth-order valence-electron chi connectivity index (χ4n) is 5.18. The van der Waals surface area contributed by atoms with Crippen LogP contribution in [0.25, 0.3) is 22.0 Å². The highest BCUT2D eigenvalue weighted by Crippen LogP contribution is 2.40. The van der Waals surface area contributed by atoms with Gasteiger partial charge in [0.2, 0.25) is 0 Å². The van der Waals surface area contributed by atoms with E-state index in [4.69, 9.17) is 17.3 Å². The Kier molecular flexibility index (Phi) is 8.54. The van der Waals surface area contributed by atoms with Crippen LogP contribution in [0.15, 0.2) is 120 Å². The predicted molar refractivity (Wildman–Crippen MR) is 175 cm³/mol. The van der Waals surface area contributed by atoms with Gasteiger partial charge in [0.15, 0.2) is 5.60 Å². The molecule has 0 aliphatic carbocycles. The summed E-state index contributed by atoms with van der Waals surface area (Å²) in [4.78, 5) is 28.5. The molecule has 0 bridgehead atoms. The van der Waals surface area contributed by atoms with Gasteiger partial charge in [-0.3, -0.25) is 9.59 Å². The average molecular weight is 611 g/mol. The number of fused-ring (bicyclic) bond motifs is 1. The monoisotopic (exact) mass is 610 g/mol. The molecule has 2 heterocycles. The Morgan fingerprint density at radius 1 is 1.09 bits per heavy atom. The maximum atomic E-state index is 12.9. The molecule has 5 rings (SSSR count). The number of benzene rings is 3. The number of hydrogen-bond donors (Lipinski definition) is 3. The SMILES string of the molecule is C=CN(C)/C(=C\N)C(O)(c1ccc(C(=O)NCc2cccs2)cc1)c1ccc2c(c1)c(-c1cccc(Cl)c1)cc(=O)n2C. The number of nitrogens with two attached hydrogens (primary N) is 1. The van der Waals surface area contributed by atoms with Crippen LogP contribution in [0.4, 0.5) is 0 Å². The number of amides is 1. The first kappa shape index (κ1) is 29.8. The number of nitrogens with zero attached hydrogens (tertiary/aromatic N) is 2. The lowest BCUT2D eigenvalue weighted by Crippen LogP contribution is -2.37. The van der Waals surface area contributed by atoms with Gasteiger partial charge in [0.25, 0.3) is 11.5 Å². The zero-order valence-electron chi connectivity index (χ0n) is 23.8. The van der Waals surface area contributed by atoms with Gasteiger partial charge in [-0.2, -0.15) is 0 Å². The summed E-state index contributed by atoms with van der Waals surface area (Å²) in [5.74, 6) is -0.223. The van der Waals surface area contributed by atoms with Gasteiger partial charge < -0.3 is 25.6 Å². The molecule has 4 N–H and O–H groups in total. The number of aryl methyl sites for hydroxylation is 1. The van der Waals surface area contributed by atoms with E-state index in [2.05, 4.69) is 11.9 Å². The smallest absolute Gasteiger partial charge is 0.251 e. The van der Waals surface area contributed by atoms with Gasteiger partial charge in [0.1, 0.15) is 0 Å². The molecule has 1 atom stereocenters. The summed E-state index contributed by atoms with van der Waals surface area (Å²) in [5, 5.41) is 18.8. The maximum Gasteiger partial charge on any atom is 0.251 e. The number of rotatable bonds is 9. The molecule has 0 fully saturated rings. The first-order valence-corrected chi connectivity index (χ1v) is 14.7. The molecular weight excluding hydrogens is 580 g/mol. The number of halogens is 1. The van der Waals surface area contributed by atoms with Crippen molar-refractivity contribution in [2.45, 2.75) is 12.1 Å². The van der Waals surface area contributed by atoms with Crippen LogP contribution >= 0.6 is 22.9 Å². The summed E-state index contributed by atoms with van der Waals surface area (Å²) in [6, 6.07) is 25.0. The van der Waals surface area contributed by atoms with E-state index in [9.17, 15) is 14.7 Å². The van der Waals surface area contributed by atoms with E-state index in [0.717, 1.165) is 15.8 Å². The predicted octanol–water partition coefficient (Wildman–Crippen LogP) is 5.96. The molecule has 0 saturated carbocycles. The number of thiophene rings is 1. The Bertz CT molecular complexity index is 1900. The van der Waals surface area contributed by atoms with Gasteiger partial charge in [-0.05, 0) is 76.3 Å². The second kappa shape index (κ2) is 12.3. The summed E-state index contributed by atoms with van der Waals surface area (Å²) >= 11 is 7.88. The number of carbonyl (C=O) groups excluding carboxylic acids is 1. The third kappa shape index (κ3) is 5.72. The molecule has 1 amide bonds. The summed E-state index contributed by atoms with van der Waals surface area (Å²) in [6.07, 6.45) is 2.89. The van der Waals surface area contributed by atoms with Gasteiger partial charge in [-0.25, -0.2) is 0 Å². The van der Waals surface area contributed by atoms with Gasteiger partial charge in [0.05, 0.1) is 17.8 Å². The van der Waals surface area contributed by atoms with Gasteiger partial charge in [0, 0.05) is 47.2 Å². The highest BCUT2D eigenvalue weighted by atomic mass is 35.5. The third-order valence-corrected chi connectivity index (χ3v) is 8.66. The van der Waals surface area contributed by atoms with E-state index in [1.165, 1.54) is 6.20 Å². The first-order valence-electron chi connectivity index (χ1n) is 13.5. The van der Waals surface area contributed by atoms with E-state index < -0.39 is 5.60 Å². The molecule has 5 aromatic rings. The minimum atomic E-state index is -1.75. The van der Waals surface area contributed by atoms with Crippen molar-refractivity contribution in [2.24, 2.45) is 12.8 Å². The fraction of sp³-hybridized carbons (Fsp3) is 0.118. The molecule has 0 aliphatic rings. The van der Waals surface area contributed by atoms with Crippen LogP contribution in [0.5, 0.6) is 0 Å². The van der Waals surface area contributed by atoms with Crippen LogP contribution in [0.1, 0.15) is 26.4 Å². The quantitative estimate of drug-likeness (QED) is 0.191. The van der Waals surface area contributed by atoms with Crippen molar-refractivity contribution in [2.75, 3.05) is 7.05 Å².